The first-order valence-corrected chi connectivity index (χ1v) is 25.4. The number of aliphatic hydroxyl groups excluding tert-OH is 9. The first-order chi connectivity index (χ1) is 35.6. The molecule has 0 aromatic rings. The molecule has 6 amide bonds. The van der Waals surface area contributed by atoms with Gasteiger partial charge in [0.1, 0.15) is 54.9 Å². The number of imide groups is 1. The van der Waals surface area contributed by atoms with Crippen LogP contribution in [0.3, 0.4) is 0 Å². The van der Waals surface area contributed by atoms with E-state index in [1.165, 1.54) is 25.7 Å². The van der Waals surface area contributed by atoms with Crippen LogP contribution in [-0.2, 0) is 66.8 Å². The van der Waals surface area contributed by atoms with Gasteiger partial charge in [0.15, 0.2) is 18.9 Å². The Kier molecular flexibility index (Phi) is 27.0. The van der Waals surface area contributed by atoms with E-state index in [4.69, 9.17) is 33.3 Å². The zero-order valence-corrected chi connectivity index (χ0v) is 42.5. The van der Waals surface area contributed by atoms with E-state index in [-0.39, 0.29) is 90.4 Å². The number of rotatable bonds is 31. The van der Waals surface area contributed by atoms with Crippen molar-refractivity contribution in [1.29, 1.82) is 0 Å². The lowest BCUT2D eigenvalue weighted by atomic mass is 10.0. The van der Waals surface area contributed by atoms with E-state index in [1.54, 1.807) is 0 Å². The summed E-state index contributed by atoms with van der Waals surface area (Å²) in [6.07, 6.45) is -17.3. The number of hydrogen-bond donors (Lipinski definition) is 13. The van der Waals surface area contributed by atoms with Crippen LogP contribution in [0.2, 0.25) is 0 Å². The molecule has 0 aliphatic carbocycles. The molecule has 4 heterocycles. The molecule has 0 radical (unpaired) electrons. The smallest absolute Gasteiger partial charge is 0.333 e. The summed E-state index contributed by atoms with van der Waals surface area (Å²) in [5.41, 5.74) is 0. The third kappa shape index (κ3) is 20.0. The molecule has 4 saturated heterocycles. The standard InChI is InChI=1S/C46H78N6O23/c1-24-34(59)37(62)40(65)44(72-24)69-19-16-48-29(54)22-51(23-30(55)49-17-20-70-45-41(66)38(63)35(60)25(2)73-45)27(43(68)50-18-21-71-46-42(67)39(64)36(61)26(3)74-46)10-8-9-15-47-28(53)11-6-4-5-7-12-33(58)75-52-31(56)13-14-32(52)57/h24-27,34-42,44-46,59-67H,4-23H2,1-3H3,(H,47,53)(H,48,54)(H,49,55)(H,50,68)/t24-,25-,26-,27-,34+,35+,36+,37+,38+,39+,40-,41-,42-,44+,45+,46+/m0/s1. The monoisotopic (exact) mass is 1080 g/mol. The molecule has 430 valence electrons. The number of aliphatic hydroxyl groups is 9. The number of carbonyl (C=O) groups excluding carboxylic acids is 7. The number of hydrogen-bond acceptors (Lipinski definition) is 24. The molecule has 29 heteroatoms. The van der Waals surface area contributed by atoms with Crippen molar-refractivity contribution >= 4 is 41.4 Å². The van der Waals surface area contributed by atoms with E-state index >= 15 is 0 Å². The van der Waals surface area contributed by atoms with Gasteiger partial charge in [-0.05, 0) is 52.9 Å². The number of nitrogens with one attached hydrogen (secondary N) is 4. The second-order valence-corrected chi connectivity index (χ2v) is 18.9. The van der Waals surface area contributed by atoms with Gasteiger partial charge in [-0.3, -0.25) is 33.7 Å². The fourth-order valence-electron chi connectivity index (χ4n) is 8.38. The summed E-state index contributed by atoms with van der Waals surface area (Å²) in [4.78, 5) is 95.2. The van der Waals surface area contributed by atoms with Crippen molar-refractivity contribution in [2.24, 2.45) is 0 Å². The number of hydroxylamine groups is 2. The highest BCUT2D eigenvalue weighted by Gasteiger charge is 2.45. The molecule has 0 aromatic carbocycles. The van der Waals surface area contributed by atoms with Crippen molar-refractivity contribution in [3.63, 3.8) is 0 Å². The summed E-state index contributed by atoms with van der Waals surface area (Å²) < 4.78 is 32.9. The first kappa shape index (κ1) is 63.4. The molecule has 4 aliphatic heterocycles. The predicted molar refractivity (Wildman–Crippen MR) is 251 cm³/mol. The zero-order valence-electron chi connectivity index (χ0n) is 42.5. The highest BCUT2D eigenvalue weighted by atomic mass is 16.7. The minimum Gasteiger partial charge on any atom is -0.388 e. The van der Waals surface area contributed by atoms with Crippen LogP contribution in [0.15, 0.2) is 0 Å². The highest BCUT2D eigenvalue weighted by molar-refractivity contribution is 6.01. The van der Waals surface area contributed by atoms with Gasteiger partial charge in [0, 0.05) is 51.9 Å². The third-order valence-electron chi connectivity index (χ3n) is 12.9. The molecule has 0 aromatic heterocycles. The van der Waals surface area contributed by atoms with Gasteiger partial charge < -0.3 is 100 Å². The molecule has 0 bridgehead atoms. The van der Waals surface area contributed by atoms with Gasteiger partial charge in [0.25, 0.3) is 11.8 Å². The summed E-state index contributed by atoms with van der Waals surface area (Å²) in [7, 11) is 0. The topological polar surface area (TPSA) is 421 Å². The molecule has 0 saturated carbocycles. The van der Waals surface area contributed by atoms with Crippen LogP contribution in [0.5, 0.6) is 0 Å². The molecule has 75 heavy (non-hydrogen) atoms. The van der Waals surface area contributed by atoms with Crippen LogP contribution >= 0.6 is 0 Å². The van der Waals surface area contributed by atoms with Gasteiger partial charge in [0.05, 0.1) is 57.3 Å². The summed E-state index contributed by atoms with van der Waals surface area (Å²) in [6.45, 7) is 2.30. The summed E-state index contributed by atoms with van der Waals surface area (Å²) in [5, 5.41) is 103. The molecular weight excluding hydrogens is 1000 g/mol. The molecular formula is C46H78N6O23. The van der Waals surface area contributed by atoms with Gasteiger partial charge in [-0.25, -0.2) is 4.79 Å². The second kappa shape index (κ2) is 31.9. The Morgan fingerprint density at radius 2 is 0.920 bits per heavy atom. The second-order valence-electron chi connectivity index (χ2n) is 18.9. The lowest BCUT2D eigenvalue weighted by molar-refractivity contribution is -0.292. The lowest BCUT2D eigenvalue weighted by Crippen LogP contribution is -2.58. The number of amides is 6. The molecule has 4 aliphatic rings. The van der Waals surface area contributed by atoms with E-state index in [1.807, 2.05) is 0 Å². The van der Waals surface area contributed by atoms with Gasteiger partial charge >= 0.3 is 5.97 Å². The van der Waals surface area contributed by atoms with Crippen LogP contribution in [0.4, 0.5) is 0 Å². The predicted octanol–water partition coefficient (Wildman–Crippen LogP) is -6.23. The first-order valence-electron chi connectivity index (χ1n) is 25.4. The molecule has 0 spiro atoms. The zero-order chi connectivity index (χ0) is 55.4. The van der Waals surface area contributed by atoms with Crippen molar-refractivity contribution in [3.8, 4) is 0 Å². The Morgan fingerprint density at radius 3 is 1.36 bits per heavy atom. The van der Waals surface area contributed by atoms with E-state index in [0.29, 0.717) is 37.2 Å². The van der Waals surface area contributed by atoms with E-state index in [9.17, 15) is 79.5 Å². The Hall–Kier alpha value is -4.15. The molecule has 4 rings (SSSR count). The third-order valence-corrected chi connectivity index (χ3v) is 12.9. The maximum atomic E-state index is 14.1. The van der Waals surface area contributed by atoms with Crippen LogP contribution in [-0.4, -0.2) is 255 Å². The SMILES string of the molecule is C[C@@H]1O[C@@H](OCCNC(=O)CN(CC(=O)NCCO[C@@H]2O[C@@H](C)[C@@H](O)[C@@H](O)[C@@H]2O)[C@@H](CCCCNC(=O)CCCCCCC(=O)ON2C(=O)CCC2=O)C(=O)NCCO[C@@H]2O[C@@H](C)[C@@H](O)[C@@H](O)[C@@H]2O)[C@@H](O)[C@H](O)[C@@H]1O. The van der Waals surface area contributed by atoms with Crippen LogP contribution in [0, 0.1) is 0 Å². The molecule has 4 fully saturated rings. The summed E-state index contributed by atoms with van der Waals surface area (Å²) in [5.74, 6) is -4.10. The van der Waals surface area contributed by atoms with Crippen LogP contribution in [0.25, 0.3) is 0 Å². The number of unbranched alkanes of at least 4 members (excludes halogenated alkanes) is 4. The Labute approximate surface area is 433 Å². The maximum Gasteiger partial charge on any atom is 0.333 e. The average molecular weight is 1080 g/mol. The van der Waals surface area contributed by atoms with Gasteiger partial charge in [-0.2, -0.15) is 0 Å². The quantitative estimate of drug-likeness (QED) is 0.0227. The lowest BCUT2D eigenvalue weighted by Gasteiger charge is -2.39. The molecule has 29 nitrogen and oxygen atoms in total. The van der Waals surface area contributed by atoms with Crippen molar-refractivity contribution in [2.45, 2.75) is 190 Å². The van der Waals surface area contributed by atoms with Gasteiger partial charge in [-0.1, -0.05) is 12.8 Å². The highest BCUT2D eigenvalue weighted by Crippen LogP contribution is 2.24. The molecule has 16 atom stereocenters. The number of ether oxygens (including phenoxy) is 6. The summed E-state index contributed by atoms with van der Waals surface area (Å²) >= 11 is 0. The Morgan fingerprint density at radius 1 is 0.520 bits per heavy atom. The van der Waals surface area contributed by atoms with Gasteiger partial charge in [-0.15, -0.1) is 5.06 Å². The summed E-state index contributed by atoms with van der Waals surface area (Å²) in [6, 6.07) is -1.19. The van der Waals surface area contributed by atoms with Gasteiger partial charge in [0.2, 0.25) is 23.6 Å². The van der Waals surface area contributed by atoms with E-state index < -0.39 is 147 Å². The van der Waals surface area contributed by atoms with Crippen molar-refractivity contribution in [1.82, 2.24) is 31.2 Å². The van der Waals surface area contributed by atoms with Crippen molar-refractivity contribution in [2.75, 3.05) is 59.1 Å². The maximum absolute atomic E-state index is 14.1. The average Bonchev–Trinajstić information content (AvgIpc) is 3.69. The number of nitrogens with zero attached hydrogens (tertiary/aromatic N) is 2. The molecule has 0 unspecified atom stereocenters. The Bertz CT molecular complexity index is 1770. The normalized spacial score (nSPS) is 31.5. The van der Waals surface area contributed by atoms with E-state index in [2.05, 4.69) is 21.3 Å². The fraction of sp³-hybridized carbons (Fsp3) is 0.848. The van der Waals surface area contributed by atoms with Crippen LogP contribution in [0.1, 0.15) is 91.4 Å². The number of carbonyl (C=O) groups is 7. The minimum absolute atomic E-state index is 0.00788. The molecule has 13 N–H and O–H groups in total. The largest absolute Gasteiger partial charge is 0.388 e. The van der Waals surface area contributed by atoms with E-state index in [0.717, 1.165) is 0 Å². The van der Waals surface area contributed by atoms with Crippen LogP contribution < -0.4 is 21.3 Å². The fourth-order valence-corrected chi connectivity index (χ4v) is 8.38. The van der Waals surface area contributed by atoms with Crippen molar-refractivity contribution < 1.29 is 113 Å². The Balaban J connectivity index is 1.35. The minimum atomic E-state index is -1.61. The van der Waals surface area contributed by atoms with Crippen molar-refractivity contribution in [3.05, 3.63) is 0 Å².